The number of thioether (sulfide) groups is 1. The van der Waals surface area contributed by atoms with Gasteiger partial charge in [-0.3, -0.25) is 4.99 Å². The van der Waals surface area contributed by atoms with E-state index in [2.05, 4.69) is 40.5 Å². The molecular formula is C10H19N3S. The molecule has 2 aliphatic heterocycles. The van der Waals surface area contributed by atoms with Crippen molar-refractivity contribution in [3.05, 3.63) is 0 Å². The molecule has 0 spiro atoms. The summed E-state index contributed by atoms with van der Waals surface area (Å²) in [5.41, 5.74) is 0. The molecule has 0 radical (unpaired) electrons. The summed E-state index contributed by atoms with van der Waals surface area (Å²) in [5.74, 6) is 2.48. The van der Waals surface area contributed by atoms with Gasteiger partial charge in [-0.15, -0.1) is 0 Å². The Labute approximate surface area is 90.6 Å². The minimum Gasteiger partial charge on any atom is -0.344 e. The lowest BCUT2D eigenvalue weighted by molar-refractivity contribution is 0.369. The van der Waals surface area contributed by atoms with Gasteiger partial charge in [0, 0.05) is 37.7 Å². The Morgan fingerprint density at radius 2 is 2.36 bits per heavy atom. The molecule has 14 heavy (non-hydrogen) atoms. The summed E-state index contributed by atoms with van der Waals surface area (Å²) in [5, 5.41) is 0.806. The molecule has 1 atom stereocenters. The zero-order valence-corrected chi connectivity index (χ0v) is 9.89. The Hall–Kier alpha value is -0.380. The van der Waals surface area contributed by atoms with E-state index in [9.17, 15) is 0 Å². The lowest BCUT2D eigenvalue weighted by Gasteiger charge is -2.35. The quantitative estimate of drug-likeness (QED) is 0.650. The second-order valence-electron chi connectivity index (χ2n) is 3.95. The van der Waals surface area contributed by atoms with Gasteiger partial charge in [-0.2, -0.15) is 11.8 Å². The van der Waals surface area contributed by atoms with Gasteiger partial charge in [0.25, 0.3) is 0 Å². The normalized spacial score (nSPS) is 28.1. The highest BCUT2D eigenvalue weighted by Crippen LogP contribution is 2.22. The molecule has 2 heterocycles. The van der Waals surface area contributed by atoms with E-state index in [1.165, 1.54) is 31.2 Å². The number of aliphatic imine (C=N–C) groups is 1. The predicted octanol–water partition coefficient (Wildman–Crippen LogP) is 1.12. The maximum Gasteiger partial charge on any atom is 0.196 e. The molecule has 1 saturated heterocycles. The van der Waals surface area contributed by atoms with Gasteiger partial charge >= 0.3 is 0 Å². The fourth-order valence-electron chi connectivity index (χ4n) is 2.01. The summed E-state index contributed by atoms with van der Waals surface area (Å²) in [6.45, 7) is 6.71. The fourth-order valence-corrected chi connectivity index (χ4v) is 3.19. The van der Waals surface area contributed by atoms with E-state index in [0.717, 1.165) is 18.3 Å². The fraction of sp³-hybridized carbons (Fsp3) is 0.900. The summed E-state index contributed by atoms with van der Waals surface area (Å²) in [7, 11) is 2.15. The first kappa shape index (κ1) is 10.1. The highest BCUT2D eigenvalue weighted by molar-refractivity contribution is 8.00. The molecule has 0 N–H and O–H groups in total. The van der Waals surface area contributed by atoms with Gasteiger partial charge in [0.2, 0.25) is 0 Å². The number of guanidine groups is 1. The smallest absolute Gasteiger partial charge is 0.196 e. The van der Waals surface area contributed by atoms with Crippen LogP contribution < -0.4 is 0 Å². The van der Waals surface area contributed by atoms with E-state index in [4.69, 9.17) is 0 Å². The Kier molecular flexibility index (Phi) is 3.21. The third-order valence-corrected chi connectivity index (χ3v) is 4.28. The Morgan fingerprint density at radius 3 is 3.00 bits per heavy atom. The van der Waals surface area contributed by atoms with Crippen LogP contribution in [0.4, 0.5) is 0 Å². The van der Waals surface area contributed by atoms with Crippen LogP contribution in [0.1, 0.15) is 13.3 Å². The average Bonchev–Trinajstić information content (AvgIpc) is 2.65. The molecule has 0 aromatic rings. The molecule has 3 nitrogen and oxygen atoms in total. The van der Waals surface area contributed by atoms with Crippen LogP contribution in [0.25, 0.3) is 0 Å². The standard InChI is InChI=1S/C10H19N3S/c1-3-9-8-13(6-7-14-9)10-11-4-5-12(10)2/h9H,3-8H2,1-2H3. The van der Waals surface area contributed by atoms with Crippen molar-refractivity contribution in [2.24, 2.45) is 4.99 Å². The summed E-state index contributed by atoms with van der Waals surface area (Å²) < 4.78 is 0. The van der Waals surface area contributed by atoms with Gasteiger partial charge in [0.05, 0.1) is 6.54 Å². The molecule has 4 heteroatoms. The number of rotatable bonds is 1. The average molecular weight is 213 g/mol. The van der Waals surface area contributed by atoms with E-state index in [1.807, 2.05) is 0 Å². The lowest BCUT2D eigenvalue weighted by Crippen LogP contribution is -2.46. The second kappa shape index (κ2) is 4.43. The van der Waals surface area contributed by atoms with Crippen molar-refractivity contribution >= 4 is 17.7 Å². The monoisotopic (exact) mass is 213 g/mol. The molecule has 1 fully saturated rings. The van der Waals surface area contributed by atoms with Gasteiger partial charge in [-0.1, -0.05) is 6.92 Å². The van der Waals surface area contributed by atoms with Gasteiger partial charge in [-0.25, -0.2) is 0 Å². The maximum atomic E-state index is 4.57. The molecule has 0 bridgehead atoms. The van der Waals surface area contributed by atoms with Crippen LogP contribution in [-0.4, -0.2) is 60.0 Å². The van der Waals surface area contributed by atoms with Crippen molar-refractivity contribution in [1.29, 1.82) is 0 Å². The number of hydrogen-bond donors (Lipinski definition) is 0. The van der Waals surface area contributed by atoms with Crippen LogP contribution in [0.15, 0.2) is 4.99 Å². The van der Waals surface area contributed by atoms with Crippen LogP contribution in [0.3, 0.4) is 0 Å². The molecule has 80 valence electrons. The SMILES string of the molecule is CCC1CN(C2=NCCN2C)CCS1. The zero-order valence-electron chi connectivity index (χ0n) is 9.07. The molecule has 2 aliphatic rings. The molecule has 0 amide bonds. The number of likely N-dealkylation sites (N-methyl/N-ethyl adjacent to an activating group) is 1. The molecule has 0 aromatic heterocycles. The van der Waals surface area contributed by atoms with Crippen molar-refractivity contribution < 1.29 is 0 Å². The predicted molar refractivity (Wildman–Crippen MR) is 63.0 cm³/mol. The Morgan fingerprint density at radius 1 is 1.50 bits per heavy atom. The Balaban J connectivity index is 1.97. The van der Waals surface area contributed by atoms with Crippen LogP contribution >= 0.6 is 11.8 Å². The Bertz CT molecular complexity index is 229. The molecular weight excluding hydrogens is 194 g/mol. The van der Waals surface area contributed by atoms with E-state index in [-0.39, 0.29) is 0 Å². The summed E-state index contributed by atoms with van der Waals surface area (Å²) in [4.78, 5) is 9.30. The van der Waals surface area contributed by atoms with E-state index >= 15 is 0 Å². The summed E-state index contributed by atoms with van der Waals surface area (Å²) in [6.07, 6.45) is 1.28. The molecule has 1 unspecified atom stereocenters. The number of nitrogens with zero attached hydrogens (tertiary/aromatic N) is 3. The first-order chi connectivity index (χ1) is 6.81. The zero-order chi connectivity index (χ0) is 9.97. The highest BCUT2D eigenvalue weighted by Gasteiger charge is 2.25. The van der Waals surface area contributed by atoms with Crippen molar-refractivity contribution in [2.45, 2.75) is 18.6 Å². The topological polar surface area (TPSA) is 18.8 Å². The van der Waals surface area contributed by atoms with E-state index in [0.29, 0.717) is 0 Å². The van der Waals surface area contributed by atoms with Crippen LogP contribution in [0.2, 0.25) is 0 Å². The maximum absolute atomic E-state index is 4.57. The van der Waals surface area contributed by atoms with E-state index in [1.54, 1.807) is 0 Å². The molecule has 0 aromatic carbocycles. The van der Waals surface area contributed by atoms with Crippen LogP contribution in [0.5, 0.6) is 0 Å². The van der Waals surface area contributed by atoms with Gasteiger partial charge in [0.15, 0.2) is 5.96 Å². The summed E-state index contributed by atoms with van der Waals surface area (Å²) >= 11 is 2.11. The minimum atomic E-state index is 0.806. The van der Waals surface area contributed by atoms with Gasteiger partial charge in [0.1, 0.15) is 0 Å². The van der Waals surface area contributed by atoms with Crippen LogP contribution in [-0.2, 0) is 0 Å². The van der Waals surface area contributed by atoms with Crippen LogP contribution in [0, 0.1) is 0 Å². The molecule has 0 aliphatic carbocycles. The van der Waals surface area contributed by atoms with Crippen molar-refractivity contribution in [1.82, 2.24) is 9.80 Å². The minimum absolute atomic E-state index is 0.806. The number of hydrogen-bond acceptors (Lipinski definition) is 4. The van der Waals surface area contributed by atoms with Crippen molar-refractivity contribution in [2.75, 3.05) is 39.0 Å². The van der Waals surface area contributed by atoms with Crippen molar-refractivity contribution in [3.63, 3.8) is 0 Å². The van der Waals surface area contributed by atoms with Gasteiger partial charge in [-0.05, 0) is 6.42 Å². The van der Waals surface area contributed by atoms with Crippen molar-refractivity contribution in [3.8, 4) is 0 Å². The first-order valence-electron chi connectivity index (χ1n) is 5.43. The third-order valence-electron chi connectivity index (χ3n) is 2.91. The molecule has 2 rings (SSSR count). The molecule has 0 saturated carbocycles. The largest absolute Gasteiger partial charge is 0.344 e. The van der Waals surface area contributed by atoms with E-state index < -0.39 is 0 Å². The highest BCUT2D eigenvalue weighted by atomic mass is 32.2. The lowest BCUT2D eigenvalue weighted by atomic mass is 10.3. The summed E-state index contributed by atoms with van der Waals surface area (Å²) in [6, 6.07) is 0. The first-order valence-corrected chi connectivity index (χ1v) is 6.48. The second-order valence-corrected chi connectivity index (χ2v) is 5.36. The third kappa shape index (κ3) is 2.00. The van der Waals surface area contributed by atoms with Gasteiger partial charge < -0.3 is 9.80 Å².